The van der Waals surface area contributed by atoms with E-state index in [4.69, 9.17) is 17.0 Å². The average Bonchev–Trinajstić information content (AvgIpc) is 2.27. The summed E-state index contributed by atoms with van der Waals surface area (Å²) in [5.74, 6) is 8.87. The highest BCUT2D eigenvalue weighted by Gasteiger charge is 2.12. The number of hydrazine groups is 1. The molecule has 0 bridgehead atoms. The summed E-state index contributed by atoms with van der Waals surface area (Å²) in [4.78, 5) is 0. The van der Waals surface area contributed by atoms with E-state index in [1.165, 1.54) is 0 Å². The first-order valence-electron chi connectivity index (χ1n) is 4.94. The van der Waals surface area contributed by atoms with Gasteiger partial charge >= 0.3 is 0 Å². The van der Waals surface area contributed by atoms with Crippen molar-refractivity contribution in [3.05, 3.63) is 29.8 Å². The molecular formula is C12H16N2O. The third-order valence-corrected chi connectivity index (χ3v) is 2.12. The molecule has 0 aliphatic heterocycles. The van der Waals surface area contributed by atoms with Gasteiger partial charge < -0.3 is 4.74 Å². The monoisotopic (exact) mass is 204 g/mol. The molecule has 0 aromatic heterocycles. The zero-order chi connectivity index (χ0) is 11.1. The van der Waals surface area contributed by atoms with Gasteiger partial charge in [-0.2, -0.15) is 0 Å². The van der Waals surface area contributed by atoms with Crippen molar-refractivity contribution in [2.45, 2.75) is 19.4 Å². The van der Waals surface area contributed by atoms with Crippen LogP contribution in [0.2, 0.25) is 0 Å². The third-order valence-electron chi connectivity index (χ3n) is 2.12. The number of terminal acetylenes is 1. The maximum atomic E-state index is 5.50. The fourth-order valence-corrected chi connectivity index (χ4v) is 1.43. The largest absolute Gasteiger partial charge is 0.494 e. The number of nitrogens with two attached hydrogens (primary N) is 1. The van der Waals surface area contributed by atoms with E-state index in [0.717, 1.165) is 11.3 Å². The Hall–Kier alpha value is -1.50. The standard InChI is InChI=1S/C12H16N2O/c1-3-7-11(14-13)10-8-5-6-9-12(10)15-4-2/h1,5-6,8-9,11,14H,4,7,13H2,2H3. The van der Waals surface area contributed by atoms with Gasteiger partial charge in [0.1, 0.15) is 5.75 Å². The van der Waals surface area contributed by atoms with E-state index < -0.39 is 0 Å². The lowest BCUT2D eigenvalue weighted by atomic mass is 10.0. The number of benzene rings is 1. The number of nitrogens with one attached hydrogen (secondary N) is 1. The molecule has 0 fully saturated rings. The second-order valence-corrected chi connectivity index (χ2v) is 3.10. The Labute approximate surface area is 90.6 Å². The molecule has 80 valence electrons. The SMILES string of the molecule is C#CCC(NN)c1ccccc1OCC. The van der Waals surface area contributed by atoms with Crippen molar-refractivity contribution in [2.24, 2.45) is 5.84 Å². The van der Waals surface area contributed by atoms with Gasteiger partial charge in [0.05, 0.1) is 12.6 Å². The molecule has 0 saturated carbocycles. The highest BCUT2D eigenvalue weighted by Crippen LogP contribution is 2.26. The van der Waals surface area contributed by atoms with Crippen molar-refractivity contribution >= 4 is 0 Å². The lowest BCUT2D eigenvalue weighted by Gasteiger charge is -2.17. The van der Waals surface area contributed by atoms with Gasteiger partial charge in [-0.1, -0.05) is 18.2 Å². The van der Waals surface area contributed by atoms with Crippen LogP contribution in [0.5, 0.6) is 5.75 Å². The summed E-state index contributed by atoms with van der Waals surface area (Å²) in [5.41, 5.74) is 3.70. The molecule has 3 nitrogen and oxygen atoms in total. The Bertz CT molecular complexity index is 344. The molecule has 3 heteroatoms. The van der Waals surface area contributed by atoms with Crippen LogP contribution in [0.4, 0.5) is 0 Å². The predicted octanol–water partition coefficient (Wildman–Crippen LogP) is 1.61. The van der Waals surface area contributed by atoms with Gasteiger partial charge in [-0.05, 0) is 13.0 Å². The topological polar surface area (TPSA) is 47.3 Å². The zero-order valence-electron chi connectivity index (χ0n) is 8.86. The molecule has 0 aliphatic carbocycles. The van der Waals surface area contributed by atoms with Crippen LogP contribution in [0.1, 0.15) is 24.9 Å². The van der Waals surface area contributed by atoms with Crippen molar-refractivity contribution in [1.82, 2.24) is 5.43 Å². The Kier molecular flexibility index (Phi) is 4.69. The number of rotatable bonds is 5. The molecule has 1 unspecified atom stereocenters. The first-order valence-corrected chi connectivity index (χ1v) is 4.94. The minimum absolute atomic E-state index is 0.0576. The minimum Gasteiger partial charge on any atom is -0.494 e. The number of hydrogen-bond donors (Lipinski definition) is 2. The molecule has 0 amide bonds. The fraction of sp³-hybridized carbons (Fsp3) is 0.333. The molecule has 0 spiro atoms. The summed E-state index contributed by atoms with van der Waals surface area (Å²) < 4.78 is 5.50. The quantitative estimate of drug-likeness (QED) is 0.435. The van der Waals surface area contributed by atoms with Crippen LogP contribution in [0.15, 0.2) is 24.3 Å². The molecule has 1 aromatic rings. The molecular weight excluding hydrogens is 188 g/mol. The maximum Gasteiger partial charge on any atom is 0.124 e. The predicted molar refractivity (Wildman–Crippen MR) is 61.1 cm³/mol. The molecule has 0 heterocycles. The third kappa shape index (κ3) is 2.98. The van der Waals surface area contributed by atoms with E-state index in [9.17, 15) is 0 Å². The molecule has 1 aromatic carbocycles. The summed E-state index contributed by atoms with van der Waals surface area (Å²) in [6, 6.07) is 7.70. The van der Waals surface area contributed by atoms with E-state index in [1.807, 2.05) is 31.2 Å². The van der Waals surface area contributed by atoms with Gasteiger partial charge in [-0.25, -0.2) is 0 Å². The van der Waals surface area contributed by atoms with Crippen LogP contribution in [0, 0.1) is 12.3 Å². The van der Waals surface area contributed by atoms with Crippen LogP contribution in [0.25, 0.3) is 0 Å². The Morgan fingerprint density at radius 1 is 1.53 bits per heavy atom. The summed E-state index contributed by atoms with van der Waals surface area (Å²) in [6.07, 6.45) is 5.82. The minimum atomic E-state index is -0.0576. The van der Waals surface area contributed by atoms with Crippen molar-refractivity contribution in [2.75, 3.05) is 6.61 Å². The highest BCUT2D eigenvalue weighted by atomic mass is 16.5. The first kappa shape index (κ1) is 11.6. The highest BCUT2D eigenvalue weighted by molar-refractivity contribution is 5.36. The van der Waals surface area contributed by atoms with Crippen LogP contribution in [-0.2, 0) is 0 Å². The molecule has 3 N–H and O–H groups in total. The fourth-order valence-electron chi connectivity index (χ4n) is 1.43. The lowest BCUT2D eigenvalue weighted by Crippen LogP contribution is -2.28. The number of ether oxygens (including phenoxy) is 1. The van der Waals surface area contributed by atoms with Crippen molar-refractivity contribution in [3.8, 4) is 18.1 Å². The van der Waals surface area contributed by atoms with E-state index in [-0.39, 0.29) is 6.04 Å². The molecule has 1 rings (SSSR count). The average molecular weight is 204 g/mol. The first-order chi connectivity index (χ1) is 7.33. The normalized spacial score (nSPS) is 11.8. The van der Waals surface area contributed by atoms with Gasteiger partial charge in [-0.3, -0.25) is 11.3 Å². The molecule has 0 radical (unpaired) electrons. The maximum absolute atomic E-state index is 5.50. The summed E-state index contributed by atoms with van der Waals surface area (Å²) in [5, 5.41) is 0. The molecule has 1 atom stereocenters. The van der Waals surface area contributed by atoms with E-state index >= 15 is 0 Å². The second-order valence-electron chi connectivity index (χ2n) is 3.10. The van der Waals surface area contributed by atoms with Crippen molar-refractivity contribution in [3.63, 3.8) is 0 Å². The summed E-state index contributed by atoms with van der Waals surface area (Å²) >= 11 is 0. The summed E-state index contributed by atoms with van der Waals surface area (Å²) in [7, 11) is 0. The van der Waals surface area contributed by atoms with E-state index in [1.54, 1.807) is 0 Å². The van der Waals surface area contributed by atoms with Crippen molar-refractivity contribution in [1.29, 1.82) is 0 Å². The van der Waals surface area contributed by atoms with E-state index in [0.29, 0.717) is 13.0 Å². The number of para-hydroxylation sites is 1. The van der Waals surface area contributed by atoms with Gasteiger partial charge in [0, 0.05) is 12.0 Å². The van der Waals surface area contributed by atoms with Crippen LogP contribution in [0.3, 0.4) is 0 Å². The van der Waals surface area contributed by atoms with Gasteiger partial charge in [0.25, 0.3) is 0 Å². The Balaban J connectivity index is 2.94. The zero-order valence-corrected chi connectivity index (χ0v) is 8.86. The van der Waals surface area contributed by atoms with Crippen LogP contribution in [-0.4, -0.2) is 6.61 Å². The molecule has 15 heavy (non-hydrogen) atoms. The Morgan fingerprint density at radius 2 is 2.27 bits per heavy atom. The second kappa shape index (κ2) is 6.07. The van der Waals surface area contributed by atoms with Gasteiger partial charge in [-0.15, -0.1) is 12.3 Å². The van der Waals surface area contributed by atoms with Crippen molar-refractivity contribution < 1.29 is 4.74 Å². The Morgan fingerprint density at radius 3 is 2.87 bits per heavy atom. The van der Waals surface area contributed by atoms with Gasteiger partial charge in [0.15, 0.2) is 0 Å². The van der Waals surface area contributed by atoms with E-state index in [2.05, 4.69) is 11.3 Å². The number of hydrogen-bond acceptors (Lipinski definition) is 3. The molecule has 0 saturated heterocycles. The van der Waals surface area contributed by atoms with Crippen LogP contribution >= 0.6 is 0 Å². The summed E-state index contributed by atoms with van der Waals surface area (Å²) in [6.45, 7) is 2.58. The van der Waals surface area contributed by atoms with Gasteiger partial charge in [0.2, 0.25) is 0 Å². The lowest BCUT2D eigenvalue weighted by molar-refractivity contribution is 0.331. The van der Waals surface area contributed by atoms with Crippen LogP contribution < -0.4 is 16.0 Å². The smallest absolute Gasteiger partial charge is 0.124 e. The molecule has 0 aliphatic rings.